The Labute approximate surface area is 101 Å². The quantitative estimate of drug-likeness (QED) is 0.772. The van der Waals surface area contributed by atoms with E-state index in [1.807, 2.05) is 6.07 Å². The molecular weight excluding hydrogens is 222 g/mol. The van der Waals surface area contributed by atoms with E-state index in [2.05, 4.69) is 0 Å². The smallest absolute Gasteiger partial charge is 0.130 e. The van der Waals surface area contributed by atoms with Crippen LogP contribution in [0, 0.1) is 0 Å². The summed E-state index contributed by atoms with van der Waals surface area (Å²) in [6.45, 7) is 0.501. The van der Waals surface area contributed by atoms with Crippen LogP contribution in [0.4, 0.5) is 0 Å². The van der Waals surface area contributed by atoms with Crippen molar-refractivity contribution in [3.8, 4) is 11.5 Å². The normalized spacial score (nSPS) is 12.3. The Hall–Kier alpha value is -1.30. The van der Waals surface area contributed by atoms with Crippen LogP contribution in [0.25, 0.3) is 0 Å². The first-order chi connectivity index (χ1) is 8.17. The molecule has 96 valence electrons. The van der Waals surface area contributed by atoms with Crippen molar-refractivity contribution in [2.24, 2.45) is 5.73 Å². The first-order valence-corrected chi connectivity index (χ1v) is 5.29. The lowest BCUT2D eigenvalue weighted by molar-refractivity contribution is 0.172. The maximum atomic E-state index is 9.85. The molecule has 17 heavy (non-hydrogen) atoms. The molecule has 0 saturated heterocycles. The first-order valence-electron chi connectivity index (χ1n) is 5.29. The van der Waals surface area contributed by atoms with E-state index in [1.54, 1.807) is 27.4 Å². The molecule has 3 N–H and O–H groups in total. The fourth-order valence-electron chi connectivity index (χ4n) is 1.69. The fraction of sp³-hybridized carbons (Fsp3) is 0.500. The Bertz CT molecular complexity index is 368. The number of ether oxygens (including phenoxy) is 3. The van der Waals surface area contributed by atoms with Crippen LogP contribution in [-0.4, -0.2) is 33.0 Å². The van der Waals surface area contributed by atoms with Crippen LogP contribution in [0.2, 0.25) is 0 Å². The minimum atomic E-state index is -0.782. The third kappa shape index (κ3) is 3.09. The summed E-state index contributed by atoms with van der Waals surface area (Å²) in [5.41, 5.74) is 6.89. The lowest BCUT2D eigenvalue weighted by atomic mass is 10.0. The standard InChI is InChI=1S/C12H19NO4/c1-15-7-8-4-9(16-2)5-10(11(14)6-13)12(8)17-3/h4-5,11,14H,6-7,13H2,1-3H3. The average Bonchev–Trinajstić information content (AvgIpc) is 2.37. The van der Waals surface area contributed by atoms with E-state index in [9.17, 15) is 5.11 Å². The van der Waals surface area contributed by atoms with Gasteiger partial charge in [0.2, 0.25) is 0 Å². The zero-order valence-electron chi connectivity index (χ0n) is 10.4. The maximum Gasteiger partial charge on any atom is 0.130 e. The number of aliphatic hydroxyl groups is 1. The van der Waals surface area contributed by atoms with Crippen molar-refractivity contribution in [3.05, 3.63) is 23.3 Å². The van der Waals surface area contributed by atoms with Gasteiger partial charge in [-0.1, -0.05) is 0 Å². The van der Waals surface area contributed by atoms with Crippen molar-refractivity contribution >= 4 is 0 Å². The van der Waals surface area contributed by atoms with Gasteiger partial charge in [0.05, 0.1) is 26.9 Å². The molecule has 1 aromatic rings. The van der Waals surface area contributed by atoms with E-state index in [0.717, 1.165) is 5.56 Å². The zero-order chi connectivity index (χ0) is 12.8. The summed E-state index contributed by atoms with van der Waals surface area (Å²) in [5.74, 6) is 1.23. The average molecular weight is 241 g/mol. The molecule has 0 aromatic heterocycles. The van der Waals surface area contributed by atoms with Gasteiger partial charge in [0.15, 0.2) is 0 Å². The van der Waals surface area contributed by atoms with Crippen LogP contribution in [0.5, 0.6) is 11.5 Å². The van der Waals surface area contributed by atoms with Crippen LogP contribution in [-0.2, 0) is 11.3 Å². The molecule has 1 rings (SSSR count). The second-order valence-corrected chi connectivity index (χ2v) is 3.59. The Morgan fingerprint density at radius 1 is 1.24 bits per heavy atom. The molecule has 0 amide bonds. The van der Waals surface area contributed by atoms with Gasteiger partial charge in [0, 0.05) is 24.8 Å². The molecule has 0 spiro atoms. The van der Waals surface area contributed by atoms with Gasteiger partial charge in [0.25, 0.3) is 0 Å². The SMILES string of the molecule is COCc1cc(OC)cc(C(O)CN)c1OC. The molecule has 0 saturated carbocycles. The van der Waals surface area contributed by atoms with Crippen LogP contribution >= 0.6 is 0 Å². The summed E-state index contributed by atoms with van der Waals surface area (Å²) in [7, 11) is 4.71. The topological polar surface area (TPSA) is 73.9 Å². The van der Waals surface area contributed by atoms with E-state index in [4.69, 9.17) is 19.9 Å². The molecule has 0 aliphatic heterocycles. The van der Waals surface area contributed by atoms with Gasteiger partial charge in [0.1, 0.15) is 11.5 Å². The summed E-state index contributed by atoms with van der Waals surface area (Å²) < 4.78 is 15.6. The van der Waals surface area contributed by atoms with Crippen LogP contribution in [0.1, 0.15) is 17.2 Å². The van der Waals surface area contributed by atoms with Crippen molar-refractivity contribution < 1.29 is 19.3 Å². The molecule has 0 bridgehead atoms. The van der Waals surface area contributed by atoms with Gasteiger partial charge >= 0.3 is 0 Å². The molecule has 1 atom stereocenters. The Balaban J connectivity index is 3.28. The number of hydrogen-bond donors (Lipinski definition) is 2. The van der Waals surface area contributed by atoms with Gasteiger partial charge in [-0.3, -0.25) is 0 Å². The van der Waals surface area contributed by atoms with Gasteiger partial charge in [-0.25, -0.2) is 0 Å². The lowest BCUT2D eigenvalue weighted by Gasteiger charge is -2.18. The molecule has 1 unspecified atom stereocenters. The van der Waals surface area contributed by atoms with Crippen molar-refractivity contribution in [3.63, 3.8) is 0 Å². The molecular formula is C12H19NO4. The summed E-state index contributed by atoms with van der Waals surface area (Å²) in [4.78, 5) is 0. The van der Waals surface area contributed by atoms with Crippen LogP contribution in [0.3, 0.4) is 0 Å². The maximum absolute atomic E-state index is 9.85. The Morgan fingerprint density at radius 2 is 1.94 bits per heavy atom. The predicted octanol–water partition coefficient (Wildman–Crippen LogP) is 0.842. The minimum absolute atomic E-state index is 0.121. The summed E-state index contributed by atoms with van der Waals surface area (Å²) in [6.07, 6.45) is -0.782. The summed E-state index contributed by atoms with van der Waals surface area (Å²) >= 11 is 0. The molecule has 0 fully saturated rings. The summed E-state index contributed by atoms with van der Waals surface area (Å²) in [6, 6.07) is 3.53. The van der Waals surface area contributed by atoms with E-state index in [1.165, 1.54) is 0 Å². The van der Waals surface area contributed by atoms with Gasteiger partial charge in [-0.15, -0.1) is 0 Å². The molecule has 0 aliphatic carbocycles. The summed E-state index contributed by atoms with van der Waals surface area (Å²) in [5, 5.41) is 9.85. The predicted molar refractivity (Wildman–Crippen MR) is 64.3 cm³/mol. The minimum Gasteiger partial charge on any atom is -0.497 e. The number of nitrogens with two attached hydrogens (primary N) is 1. The first kappa shape index (κ1) is 13.8. The third-order valence-electron chi connectivity index (χ3n) is 2.49. The number of rotatable bonds is 6. The second kappa shape index (κ2) is 6.44. The zero-order valence-corrected chi connectivity index (χ0v) is 10.4. The Kier molecular flexibility index (Phi) is 5.21. The van der Waals surface area contributed by atoms with Gasteiger partial charge in [-0.2, -0.15) is 0 Å². The van der Waals surface area contributed by atoms with Crippen molar-refractivity contribution in [1.29, 1.82) is 0 Å². The highest BCUT2D eigenvalue weighted by Crippen LogP contribution is 2.33. The fourth-order valence-corrected chi connectivity index (χ4v) is 1.69. The van der Waals surface area contributed by atoms with E-state index in [0.29, 0.717) is 23.7 Å². The number of benzene rings is 1. The van der Waals surface area contributed by atoms with Crippen molar-refractivity contribution in [2.75, 3.05) is 27.9 Å². The monoisotopic (exact) mass is 241 g/mol. The van der Waals surface area contributed by atoms with Crippen LogP contribution in [0.15, 0.2) is 12.1 Å². The highest BCUT2D eigenvalue weighted by Gasteiger charge is 2.17. The van der Waals surface area contributed by atoms with Gasteiger partial charge < -0.3 is 25.1 Å². The Morgan fingerprint density at radius 3 is 2.41 bits per heavy atom. The molecule has 0 aliphatic rings. The highest BCUT2D eigenvalue weighted by molar-refractivity contribution is 5.48. The molecule has 5 heteroatoms. The molecule has 1 aromatic carbocycles. The highest BCUT2D eigenvalue weighted by atomic mass is 16.5. The van der Waals surface area contributed by atoms with Crippen LogP contribution < -0.4 is 15.2 Å². The third-order valence-corrected chi connectivity index (χ3v) is 2.49. The largest absolute Gasteiger partial charge is 0.497 e. The number of aliphatic hydroxyl groups excluding tert-OH is 1. The van der Waals surface area contributed by atoms with E-state index in [-0.39, 0.29) is 6.54 Å². The van der Waals surface area contributed by atoms with Crippen molar-refractivity contribution in [2.45, 2.75) is 12.7 Å². The lowest BCUT2D eigenvalue weighted by Crippen LogP contribution is -2.13. The number of methoxy groups -OCH3 is 3. The molecule has 0 radical (unpaired) electrons. The molecule has 5 nitrogen and oxygen atoms in total. The van der Waals surface area contributed by atoms with E-state index < -0.39 is 6.10 Å². The van der Waals surface area contributed by atoms with Gasteiger partial charge in [-0.05, 0) is 12.1 Å². The second-order valence-electron chi connectivity index (χ2n) is 3.59. The molecule has 0 heterocycles. The van der Waals surface area contributed by atoms with E-state index >= 15 is 0 Å². The number of hydrogen-bond acceptors (Lipinski definition) is 5. The van der Waals surface area contributed by atoms with Crippen molar-refractivity contribution in [1.82, 2.24) is 0 Å².